The third-order valence-corrected chi connectivity index (χ3v) is 2.43. The molecule has 2 heteroatoms. The van der Waals surface area contributed by atoms with Crippen LogP contribution >= 0.6 is 0 Å². The first-order chi connectivity index (χ1) is 7.72. The molecular formula is C14H30O2. The number of hydrogen-bond donors (Lipinski definition) is 2. The molecule has 0 radical (unpaired) electrons. The largest absolute Gasteiger partial charge is 0.396 e. The van der Waals surface area contributed by atoms with Gasteiger partial charge in [0, 0.05) is 6.61 Å². The van der Waals surface area contributed by atoms with E-state index in [9.17, 15) is 0 Å². The van der Waals surface area contributed by atoms with E-state index in [1.807, 2.05) is 13.0 Å². The maximum absolute atomic E-state index is 8.88. The number of allylic oxidation sites excluding steroid dienone is 1. The maximum atomic E-state index is 8.88. The van der Waals surface area contributed by atoms with Crippen molar-refractivity contribution in [3.8, 4) is 0 Å². The van der Waals surface area contributed by atoms with Gasteiger partial charge >= 0.3 is 0 Å². The van der Waals surface area contributed by atoms with Gasteiger partial charge in [0.05, 0.1) is 6.10 Å². The van der Waals surface area contributed by atoms with Crippen LogP contribution in [0, 0.1) is 0 Å². The molecule has 0 aliphatic rings. The van der Waals surface area contributed by atoms with Crippen LogP contribution in [0.15, 0.2) is 12.7 Å². The Morgan fingerprint density at radius 1 is 1.12 bits per heavy atom. The predicted molar refractivity (Wildman–Crippen MR) is 71.6 cm³/mol. The molecule has 2 N–H and O–H groups in total. The molecule has 0 fully saturated rings. The van der Waals surface area contributed by atoms with Crippen LogP contribution in [0.2, 0.25) is 0 Å². The van der Waals surface area contributed by atoms with Gasteiger partial charge in [-0.2, -0.15) is 0 Å². The van der Waals surface area contributed by atoms with Gasteiger partial charge in [0.15, 0.2) is 0 Å². The zero-order chi connectivity index (χ0) is 12.6. The molecule has 0 aromatic rings. The van der Waals surface area contributed by atoms with Gasteiger partial charge in [0.1, 0.15) is 0 Å². The number of rotatable bonds is 9. The second kappa shape index (κ2) is 17.1. The first-order valence-electron chi connectivity index (χ1n) is 6.62. The van der Waals surface area contributed by atoms with Gasteiger partial charge in [0.2, 0.25) is 0 Å². The Morgan fingerprint density at radius 3 is 2.25 bits per heavy atom. The second-order valence-corrected chi connectivity index (χ2v) is 4.07. The molecule has 0 aliphatic carbocycles. The van der Waals surface area contributed by atoms with E-state index in [0.29, 0.717) is 0 Å². The highest BCUT2D eigenvalue weighted by atomic mass is 16.3. The number of aliphatic hydroxyl groups excluding tert-OH is 2. The lowest BCUT2D eigenvalue weighted by Gasteiger charge is -2.03. The van der Waals surface area contributed by atoms with Gasteiger partial charge in [-0.15, -0.1) is 6.58 Å². The fourth-order valence-electron chi connectivity index (χ4n) is 1.25. The molecule has 0 rings (SSSR count). The van der Waals surface area contributed by atoms with Crippen LogP contribution in [0.5, 0.6) is 0 Å². The summed E-state index contributed by atoms with van der Waals surface area (Å²) in [7, 11) is 0. The van der Waals surface area contributed by atoms with Crippen molar-refractivity contribution < 1.29 is 10.2 Å². The Morgan fingerprint density at radius 2 is 1.81 bits per heavy atom. The van der Waals surface area contributed by atoms with Gasteiger partial charge in [-0.05, 0) is 32.1 Å². The molecule has 1 atom stereocenters. The lowest BCUT2D eigenvalue weighted by molar-refractivity contribution is 0.146. The molecule has 0 spiro atoms. The number of hydrogen-bond acceptors (Lipinski definition) is 2. The van der Waals surface area contributed by atoms with Crippen molar-refractivity contribution in [1.29, 1.82) is 0 Å². The smallest absolute Gasteiger partial charge is 0.0538 e. The molecule has 0 amide bonds. The van der Waals surface area contributed by atoms with Crippen LogP contribution in [0.3, 0.4) is 0 Å². The van der Waals surface area contributed by atoms with E-state index in [4.69, 9.17) is 10.2 Å². The van der Waals surface area contributed by atoms with Crippen molar-refractivity contribution in [3.05, 3.63) is 12.7 Å². The first kappa shape index (κ1) is 18.0. The Hall–Kier alpha value is -0.340. The van der Waals surface area contributed by atoms with E-state index in [1.165, 1.54) is 32.1 Å². The summed E-state index contributed by atoms with van der Waals surface area (Å²) in [6.45, 7) is 8.01. The minimum absolute atomic E-state index is 0.192. The van der Waals surface area contributed by atoms with Crippen molar-refractivity contribution in [1.82, 2.24) is 0 Å². The minimum Gasteiger partial charge on any atom is -0.396 e. The standard InChI is InChI=1S/C8H16.C6H14O2/c1-3-5-7-8-6-4-2;1-2-6(8)4-3-5-7/h3H,1,4-8H2,2H3;6-8H,2-5H2,1H3. The van der Waals surface area contributed by atoms with Crippen molar-refractivity contribution >= 4 is 0 Å². The molecule has 0 bridgehead atoms. The summed E-state index contributed by atoms with van der Waals surface area (Å²) < 4.78 is 0. The summed E-state index contributed by atoms with van der Waals surface area (Å²) in [6, 6.07) is 0. The van der Waals surface area contributed by atoms with E-state index < -0.39 is 0 Å². The fourth-order valence-corrected chi connectivity index (χ4v) is 1.25. The molecular weight excluding hydrogens is 200 g/mol. The van der Waals surface area contributed by atoms with Crippen LogP contribution in [0.1, 0.15) is 65.2 Å². The zero-order valence-electron chi connectivity index (χ0n) is 11.1. The number of unbranched alkanes of at least 4 members (excludes halogenated alkanes) is 4. The van der Waals surface area contributed by atoms with Crippen LogP contribution in [-0.4, -0.2) is 22.9 Å². The third-order valence-electron chi connectivity index (χ3n) is 2.43. The Labute approximate surface area is 101 Å². The van der Waals surface area contributed by atoms with Crippen LogP contribution < -0.4 is 0 Å². The van der Waals surface area contributed by atoms with Crippen LogP contribution in [0.25, 0.3) is 0 Å². The van der Waals surface area contributed by atoms with E-state index in [2.05, 4.69) is 13.5 Å². The molecule has 1 unspecified atom stereocenters. The topological polar surface area (TPSA) is 40.5 Å². The highest BCUT2D eigenvalue weighted by Gasteiger charge is 1.97. The summed E-state index contributed by atoms with van der Waals surface area (Å²) in [4.78, 5) is 0. The van der Waals surface area contributed by atoms with Gasteiger partial charge in [0.25, 0.3) is 0 Å². The summed E-state index contributed by atoms with van der Waals surface area (Å²) in [5.41, 5.74) is 0. The Kier molecular flexibility index (Phi) is 19.2. The van der Waals surface area contributed by atoms with Crippen molar-refractivity contribution in [2.24, 2.45) is 0 Å². The van der Waals surface area contributed by atoms with E-state index in [-0.39, 0.29) is 12.7 Å². The lowest BCUT2D eigenvalue weighted by Crippen LogP contribution is -2.04. The average molecular weight is 230 g/mol. The van der Waals surface area contributed by atoms with E-state index in [0.717, 1.165) is 19.3 Å². The SMILES string of the molecule is C=CCCCCCC.CCC(O)CCCO. The minimum atomic E-state index is -0.206. The third kappa shape index (κ3) is 19.3. The zero-order valence-corrected chi connectivity index (χ0v) is 11.1. The quantitative estimate of drug-likeness (QED) is 0.468. The van der Waals surface area contributed by atoms with Crippen molar-refractivity contribution in [2.75, 3.05) is 6.61 Å². The predicted octanol–water partition coefficient (Wildman–Crippen LogP) is 3.67. The van der Waals surface area contributed by atoms with Gasteiger partial charge < -0.3 is 10.2 Å². The first-order valence-corrected chi connectivity index (χ1v) is 6.62. The van der Waals surface area contributed by atoms with E-state index >= 15 is 0 Å². The molecule has 0 saturated carbocycles. The van der Waals surface area contributed by atoms with Crippen LogP contribution in [0.4, 0.5) is 0 Å². The monoisotopic (exact) mass is 230 g/mol. The normalized spacial score (nSPS) is 11.5. The lowest BCUT2D eigenvalue weighted by atomic mass is 10.2. The second-order valence-electron chi connectivity index (χ2n) is 4.07. The highest BCUT2D eigenvalue weighted by Crippen LogP contribution is 2.01. The van der Waals surface area contributed by atoms with Gasteiger partial charge in [-0.1, -0.05) is 39.2 Å². The fraction of sp³-hybridized carbons (Fsp3) is 0.857. The number of aliphatic hydroxyl groups is 2. The summed E-state index contributed by atoms with van der Waals surface area (Å²) in [6.07, 6.45) is 10.6. The maximum Gasteiger partial charge on any atom is 0.0538 e. The van der Waals surface area contributed by atoms with Crippen molar-refractivity contribution in [2.45, 2.75) is 71.3 Å². The van der Waals surface area contributed by atoms with Gasteiger partial charge in [-0.3, -0.25) is 0 Å². The summed E-state index contributed by atoms with van der Waals surface area (Å²) in [5.74, 6) is 0. The Bertz CT molecular complexity index is 124. The molecule has 16 heavy (non-hydrogen) atoms. The van der Waals surface area contributed by atoms with Crippen molar-refractivity contribution in [3.63, 3.8) is 0 Å². The summed E-state index contributed by atoms with van der Waals surface area (Å²) in [5, 5.41) is 17.2. The molecule has 0 aromatic carbocycles. The molecule has 2 nitrogen and oxygen atoms in total. The Balaban J connectivity index is 0. The van der Waals surface area contributed by atoms with Gasteiger partial charge in [-0.25, -0.2) is 0 Å². The van der Waals surface area contributed by atoms with Crippen LogP contribution in [-0.2, 0) is 0 Å². The molecule has 0 aliphatic heterocycles. The average Bonchev–Trinajstić information content (AvgIpc) is 2.32. The summed E-state index contributed by atoms with van der Waals surface area (Å²) >= 11 is 0. The molecule has 0 aromatic heterocycles. The highest BCUT2D eigenvalue weighted by molar-refractivity contribution is 4.64. The molecule has 0 heterocycles. The molecule has 0 saturated heterocycles. The molecule has 98 valence electrons. The van der Waals surface area contributed by atoms with E-state index in [1.54, 1.807) is 0 Å².